The second-order valence-corrected chi connectivity index (χ2v) is 5.64. The molecule has 0 radical (unpaired) electrons. The minimum Gasteiger partial charge on any atom is -0.340 e. The van der Waals surface area contributed by atoms with Crippen LogP contribution in [-0.2, 0) is 11.2 Å². The highest BCUT2D eigenvalue weighted by molar-refractivity contribution is 9.10. The Morgan fingerprint density at radius 1 is 1.32 bits per heavy atom. The number of nitrogens with zero attached hydrogens (tertiary/aromatic N) is 2. The van der Waals surface area contributed by atoms with E-state index in [4.69, 9.17) is 0 Å². The molecule has 0 spiro atoms. The smallest absolute Gasteiger partial charge is 0.227 e. The molecular formula is C14H18BrFN2O. The lowest BCUT2D eigenvalue weighted by atomic mass is 10.1. The van der Waals surface area contributed by atoms with Crippen LogP contribution in [0.3, 0.4) is 0 Å². The predicted octanol–water partition coefficient (Wildman–Crippen LogP) is 2.29. The largest absolute Gasteiger partial charge is 0.340 e. The first-order chi connectivity index (χ1) is 9.10. The Hall–Kier alpha value is -0.940. The van der Waals surface area contributed by atoms with E-state index in [0.717, 1.165) is 37.2 Å². The Labute approximate surface area is 121 Å². The van der Waals surface area contributed by atoms with Crippen LogP contribution in [0, 0.1) is 5.82 Å². The maximum atomic E-state index is 13.6. The molecule has 1 aromatic rings. The van der Waals surface area contributed by atoms with Crippen LogP contribution < -0.4 is 0 Å². The topological polar surface area (TPSA) is 23.6 Å². The molecule has 0 N–H and O–H groups in total. The van der Waals surface area contributed by atoms with Crippen molar-refractivity contribution in [3.8, 4) is 0 Å². The fourth-order valence-electron chi connectivity index (χ4n) is 2.27. The zero-order chi connectivity index (χ0) is 13.8. The van der Waals surface area contributed by atoms with Gasteiger partial charge in [0.2, 0.25) is 5.91 Å². The number of carbonyl (C=O) groups excluding carboxylic acids is 1. The van der Waals surface area contributed by atoms with Gasteiger partial charge in [-0.3, -0.25) is 4.79 Å². The van der Waals surface area contributed by atoms with E-state index in [1.165, 1.54) is 6.07 Å². The van der Waals surface area contributed by atoms with E-state index in [9.17, 15) is 9.18 Å². The van der Waals surface area contributed by atoms with Crippen molar-refractivity contribution in [2.45, 2.75) is 13.3 Å². The normalized spacial score (nSPS) is 16.7. The van der Waals surface area contributed by atoms with Crippen LogP contribution in [0.25, 0.3) is 0 Å². The molecule has 2 rings (SSSR count). The molecule has 1 amide bonds. The van der Waals surface area contributed by atoms with Gasteiger partial charge in [-0.25, -0.2) is 4.39 Å². The van der Waals surface area contributed by atoms with Gasteiger partial charge in [0, 0.05) is 30.7 Å². The molecule has 0 aliphatic carbocycles. The molecular weight excluding hydrogens is 311 g/mol. The van der Waals surface area contributed by atoms with Gasteiger partial charge in [-0.1, -0.05) is 22.9 Å². The number of benzene rings is 1. The average molecular weight is 329 g/mol. The second kappa shape index (κ2) is 6.48. The van der Waals surface area contributed by atoms with Gasteiger partial charge in [0.25, 0.3) is 0 Å². The summed E-state index contributed by atoms with van der Waals surface area (Å²) in [6, 6.07) is 4.71. The van der Waals surface area contributed by atoms with Gasteiger partial charge < -0.3 is 9.80 Å². The Balaban J connectivity index is 1.96. The SMILES string of the molecule is CCN1CCN(C(=O)Cc2cc(Br)ccc2F)CC1. The number of likely N-dealkylation sites (N-methyl/N-ethyl adjacent to an activating group) is 1. The van der Waals surface area contributed by atoms with Crippen molar-refractivity contribution in [2.75, 3.05) is 32.7 Å². The summed E-state index contributed by atoms with van der Waals surface area (Å²) in [5, 5.41) is 0. The van der Waals surface area contributed by atoms with Crippen LogP contribution in [-0.4, -0.2) is 48.4 Å². The first-order valence-electron chi connectivity index (χ1n) is 6.54. The van der Waals surface area contributed by atoms with Crippen molar-refractivity contribution in [1.82, 2.24) is 9.80 Å². The van der Waals surface area contributed by atoms with Crippen LogP contribution in [0.15, 0.2) is 22.7 Å². The summed E-state index contributed by atoms with van der Waals surface area (Å²) in [6.07, 6.45) is 0.136. The predicted molar refractivity (Wildman–Crippen MR) is 76.5 cm³/mol. The zero-order valence-corrected chi connectivity index (χ0v) is 12.6. The van der Waals surface area contributed by atoms with E-state index in [1.54, 1.807) is 12.1 Å². The van der Waals surface area contributed by atoms with Crippen molar-refractivity contribution >= 4 is 21.8 Å². The van der Waals surface area contributed by atoms with Crippen LogP contribution in [0.1, 0.15) is 12.5 Å². The molecule has 5 heteroatoms. The summed E-state index contributed by atoms with van der Waals surface area (Å²) in [6.45, 7) is 6.42. The van der Waals surface area contributed by atoms with Crippen LogP contribution in [0.2, 0.25) is 0 Å². The van der Waals surface area contributed by atoms with E-state index in [1.807, 2.05) is 4.90 Å². The van der Waals surface area contributed by atoms with Crippen LogP contribution >= 0.6 is 15.9 Å². The van der Waals surface area contributed by atoms with Gasteiger partial charge in [0.15, 0.2) is 0 Å². The molecule has 0 aromatic heterocycles. The maximum absolute atomic E-state index is 13.6. The highest BCUT2D eigenvalue weighted by Gasteiger charge is 2.21. The summed E-state index contributed by atoms with van der Waals surface area (Å²) in [5.74, 6) is -0.309. The lowest BCUT2D eigenvalue weighted by Crippen LogP contribution is -2.48. The Bertz CT molecular complexity index is 459. The van der Waals surface area contributed by atoms with Gasteiger partial charge in [-0.05, 0) is 30.3 Å². The summed E-state index contributed by atoms with van der Waals surface area (Å²) in [7, 11) is 0. The third-order valence-corrected chi connectivity index (χ3v) is 4.01. The van der Waals surface area contributed by atoms with Crippen molar-refractivity contribution in [3.05, 3.63) is 34.1 Å². The lowest BCUT2D eigenvalue weighted by molar-refractivity contribution is -0.132. The molecule has 3 nitrogen and oxygen atoms in total. The van der Waals surface area contributed by atoms with E-state index >= 15 is 0 Å². The number of halogens is 2. The third kappa shape index (κ3) is 3.76. The molecule has 0 unspecified atom stereocenters. The minimum atomic E-state index is -0.316. The first-order valence-corrected chi connectivity index (χ1v) is 7.33. The fraction of sp³-hybridized carbons (Fsp3) is 0.500. The molecule has 1 fully saturated rings. The highest BCUT2D eigenvalue weighted by atomic mass is 79.9. The van der Waals surface area contributed by atoms with Crippen molar-refractivity contribution in [2.24, 2.45) is 0 Å². The standard InChI is InChI=1S/C14H18BrFN2O/c1-2-17-5-7-18(8-6-17)14(19)10-11-9-12(15)3-4-13(11)16/h3-4,9H,2,5-8,10H2,1H3. The number of carbonyl (C=O) groups is 1. The molecule has 1 aromatic carbocycles. The van der Waals surface area contributed by atoms with E-state index in [-0.39, 0.29) is 18.1 Å². The van der Waals surface area contributed by atoms with Crippen LogP contribution in [0.4, 0.5) is 4.39 Å². The van der Waals surface area contributed by atoms with Gasteiger partial charge in [-0.2, -0.15) is 0 Å². The first kappa shape index (κ1) is 14.5. The number of rotatable bonds is 3. The summed E-state index contributed by atoms with van der Waals surface area (Å²) in [5.41, 5.74) is 0.456. The third-order valence-electron chi connectivity index (χ3n) is 3.52. The Morgan fingerprint density at radius 3 is 2.63 bits per heavy atom. The van der Waals surface area contributed by atoms with Gasteiger partial charge >= 0.3 is 0 Å². The molecule has 0 bridgehead atoms. The van der Waals surface area contributed by atoms with Crippen molar-refractivity contribution < 1.29 is 9.18 Å². The maximum Gasteiger partial charge on any atom is 0.227 e. The monoisotopic (exact) mass is 328 g/mol. The molecule has 0 saturated carbocycles. The van der Waals surface area contributed by atoms with Gasteiger partial charge in [-0.15, -0.1) is 0 Å². The molecule has 1 saturated heterocycles. The molecule has 0 atom stereocenters. The average Bonchev–Trinajstić information content (AvgIpc) is 2.43. The highest BCUT2D eigenvalue weighted by Crippen LogP contribution is 2.17. The quantitative estimate of drug-likeness (QED) is 0.850. The molecule has 1 aliphatic rings. The number of piperazine rings is 1. The summed E-state index contributed by atoms with van der Waals surface area (Å²) in [4.78, 5) is 16.3. The van der Waals surface area contributed by atoms with E-state index in [0.29, 0.717) is 5.56 Å². The van der Waals surface area contributed by atoms with E-state index < -0.39 is 0 Å². The van der Waals surface area contributed by atoms with Crippen molar-refractivity contribution in [3.63, 3.8) is 0 Å². The number of amides is 1. The fourth-order valence-corrected chi connectivity index (χ4v) is 2.68. The summed E-state index contributed by atoms with van der Waals surface area (Å²) < 4.78 is 14.4. The lowest BCUT2D eigenvalue weighted by Gasteiger charge is -2.34. The van der Waals surface area contributed by atoms with Crippen molar-refractivity contribution in [1.29, 1.82) is 0 Å². The number of hydrogen-bond donors (Lipinski definition) is 0. The van der Waals surface area contributed by atoms with Crippen LogP contribution in [0.5, 0.6) is 0 Å². The molecule has 1 heterocycles. The van der Waals surface area contributed by atoms with E-state index in [2.05, 4.69) is 27.8 Å². The Kier molecular flexibility index (Phi) is 4.93. The molecule has 104 valence electrons. The van der Waals surface area contributed by atoms with Gasteiger partial charge in [0.05, 0.1) is 6.42 Å². The molecule has 1 aliphatic heterocycles. The molecule has 19 heavy (non-hydrogen) atoms. The zero-order valence-electron chi connectivity index (χ0n) is 11.0. The minimum absolute atomic E-state index is 0.00718. The Morgan fingerprint density at radius 2 is 2.00 bits per heavy atom. The number of hydrogen-bond acceptors (Lipinski definition) is 2. The second-order valence-electron chi connectivity index (χ2n) is 4.73. The van der Waals surface area contributed by atoms with Gasteiger partial charge in [0.1, 0.15) is 5.82 Å². The summed E-state index contributed by atoms with van der Waals surface area (Å²) >= 11 is 3.30.